The van der Waals surface area contributed by atoms with Crippen molar-refractivity contribution in [3.63, 3.8) is 0 Å². The molecule has 0 aliphatic carbocycles. The Morgan fingerprint density at radius 2 is 1.24 bits per heavy atom. The van der Waals surface area contributed by atoms with E-state index in [0.29, 0.717) is 0 Å². The molecule has 186 valence electrons. The molecule has 0 radical (unpaired) electrons. The predicted molar refractivity (Wildman–Crippen MR) is 125 cm³/mol. The Balaban J connectivity index is 0.000000350. The third-order valence-electron chi connectivity index (χ3n) is 4.05. The number of nitro groups is 2. The largest absolute Gasteiger partial charge is 0.407 e. The van der Waals surface area contributed by atoms with Crippen LogP contribution in [-0.4, -0.2) is 33.3 Å². The van der Waals surface area contributed by atoms with Gasteiger partial charge in [-0.2, -0.15) is 13.2 Å². The number of nitrogens with zero attached hydrogens (tertiary/aromatic N) is 3. The maximum Gasteiger partial charge on any atom is 0.407 e. The van der Waals surface area contributed by atoms with Crippen LogP contribution in [-0.2, 0) is 0 Å². The molecule has 1 atom stereocenters. The molecule has 0 aromatic heterocycles. The number of nitrogens with one attached hydrogen (secondary N) is 1. The molecule has 2 aromatic carbocycles. The summed E-state index contributed by atoms with van der Waals surface area (Å²) >= 11 is 0. The van der Waals surface area contributed by atoms with Crippen molar-refractivity contribution in [2.24, 2.45) is 4.99 Å². The molecule has 34 heavy (non-hydrogen) atoms. The Kier molecular flexibility index (Phi) is 9.44. The Hall–Kier alpha value is -3.34. The minimum absolute atomic E-state index is 0.0481. The van der Waals surface area contributed by atoms with E-state index in [1.54, 1.807) is 39.1 Å². The van der Waals surface area contributed by atoms with Gasteiger partial charge in [-0.25, -0.2) is 0 Å². The van der Waals surface area contributed by atoms with Gasteiger partial charge in [0.05, 0.1) is 15.4 Å². The van der Waals surface area contributed by atoms with Crippen molar-refractivity contribution in [3.8, 4) is 0 Å². The second-order valence-corrected chi connectivity index (χ2v) is 9.50. The van der Waals surface area contributed by atoms with Crippen LogP contribution < -0.4 is 5.32 Å². The first-order valence-corrected chi connectivity index (χ1v) is 10.3. The van der Waals surface area contributed by atoms with E-state index >= 15 is 0 Å². The highest BCUT2D eigenvalue weighted by Gasteiger charge is 2.42. The maximum absolute atomic E-state index is 13.0. The SMILES string of the molecule is CC(C)(C)N=Cc1ccc([N+](=O)[O-])cc1.CC(C)(C)NC(c1ccc([N+](=O)[O-])cc1)C(F)(F)F. The number of hydrogen-bond donors (Lipinski definition) is 1. The standard InChI is InChI=1S/C12H15F3N2O2.C11H14N2O2/c1-11(2,3)16-10(12(13,14)15)8-4-6-9(7-5-8)17(18)19;1-11(2,3)12-8-9-4-6-10(7-5-9)13(14)15/h4-7,10,16H,1-3H3;4-8H,1-3H3. The third kappa shape index (κ3) is 10.5. The Morgan fingerprint density at radius 1 is 0.824 bits per heavy atom. The van der Waals surface area contributed by atoms with Gasteiger partial charge in [-0.05, 0) is 64.8 Å². The van der Waals surface area contributed by atoms with Crippen molar-refractivity contribution >= 4 is 17.6 Å². The second-order valence-electron chi connectivity index (χ2n) is 9.50. The van der Waals surface area contributed by atoms with E-state index in [-0.39, 0.29) is 22.5 Å². The van der Waals surface area contributed by atoms with Crippen LogP contribution in [0.5, 0.6) is 0 Å². The first-order valence-electron chi connectivity index (χ1n) is 10.3. The minimum atomic E-state index is -4.47. The van der Waals surface area contributed by atoms with Crippen molar-refractivity contribution in [1.82, 2.24) is 5.32 Å². The molecule has 2 aromatic rings. The normalized spacial score (nSPS) is 13.2. The smallest absolute Gasteiger partial charge is 0.298 e. The Morgan fingerprint density at radius 3 is 1.56 bits per heavy atom. The van der Waals surface area contributed by atoms with Crippen LogP contribution in [0, 0.1) is 20.2 Å². The van der Waals surface area contributed by atoms with Crippen LogP contribution in [0.2, 0.25) is 0 Å². The molecule has 0 heterocycles. The van der Waals surface area contributed by atoms with Crippen LogP contribution >= 0.6 is 0 Å². The fourth-order valence-electron chi connectivity index (χ4n) is 2.53. The van der Waals surface area contributed by atoms with Gasteiger partial charge < -0.3 is 0 Å². The number of nitro benzene ring substituents is 2. The zero-order valence-electron chi connectivity index (χ0n) is 19.9. The average molecular weight is 483 g/mol. The number of benzene rings is 2. The van der Waals surface area contributed by atoms with Gasteiger partial charge in [-0.1, -0.05) is 12.1 Å². The number of non-ortho nitro benzene ring substituents is 2. The fourth-order valence-corrected chi connectivity index (χ4v) is 2.53. The molecular weight excluding hydrogens is 453 g/mol. The molecule has 11 heteroatoms. The van der Waals surface area contributed by atoms with Gasteiger partial charge in [0.25, 0.3) is 11.4 Å². The van der Waals surface area contributed by atoms with E-state index in [2.05, 4.69) is 10.3 Å². The minimum Gasteiger partial charge on any atom is -0.298 e. The van der Waals surface area contributed by atoms with E-state index < -0.39 is 27.6 Å². The first-order chi connectivity index (χ1) is 15.4. The fraction of sp³-hybridized carbons (Fsp3) is 0.435. The molecule has 0 fully saturated rings. The molecule has 1 unspecified atom stereocenters. The number of alkyl halides is 3. The highest BCUT2D eigenvalue weighted by Crippen LogP contribution is 2.34. The topological polar surface area (TPSA) is 111 Å². The first kappa shape index (κ1) is 28.7. The quantitative estimate of drug-likeness (QED) is 0.301. The van der Waals surface area contributed by atoms with E-state index in [0.717, 1.165) is 29.8 Å². The molecule has 0 saturated heterocycles. The van der Waals surface area contributed by atoms with Gasteiger partial charge in [-0.3, -0.25) is 30.5 Å². The average Bonchev–Trinajstić information content (AvgIpc) is 2.69. The van der Waals surface area contributed by atoms with Crippen LogP contribution in [0.15, 0.2) is 53.5 Å². The Labute approximate surface area is 196 Å². The zero-order chi connectivity index (χ0) is 26.3. The number of halogens is 3. The summed E-state index contributed by atoms with van der Waals surface area (Å²) in [5.41, 5.74) is -0.170. The molecule has 1 N–H and O–H groups in total. The monoisotopic (exact) mass is 482 g/mol. The summed E-state index contributed by atoms with van der Waals surface area (Å²) in [6.07, 6.45) is -2.74. The van der Waals surface area contributed by atoms with Crippen LogP contribution in [0.25, 0.3) is 0 Å². The van der Waals surface area contributed by atoms with Gasteiger partial charge in [0, 0.05) is 36.0 Å². The zero-order valence-corrected chi connectivity index (χ0v) is 19.9. The molecule has 8 nitrogen and oxygen atoms in total. The molecule has 0 bridgehead atoms. The van der Waals surface area contributed by atoms with Crippen molar-refractivity contribution < 1.29 is 23.0 Å². The Bertz CT molecular complexity index is 991. The van der Waals surface area contributed by atoms with E-state index in [9.17, 15) is 33.4 Å². The summed E-state index contributed by atoms with van der Waals surface area (Å²) < 4.78 is 39.0. The number of rotatable bonds is 5. The van der Waals surface area contributed by atoms with E-state index in [1.807, 2.05) is 20.8 Å². The van der Waals surface area contributed by atoms with Crippen molar-refractivity contribution in [2.45, 2.75) is 64.8 Å². The molecule has 0 aliphatic rings. The summed E-state index contributed by atoms with van der Waals surface area (Å²) in [5.74, 6) is 0. The summed E-state index contributed by atoms with van der Waals surface area (Å²) in [5, 5.41) is 23.3. The lowest BCUT2D eigenvalue weighted by Crippen LogP contribution is -2.45. The van der Waals surface area contributed by atoms with Gasteiger partial charge in [0.1, 0.15) is 6.04 Å². The highest BCUT2D eigenvalue weighted by atomic mass is 19.4. The van der Waals surface area contributed by atoms with Gasteiger partial charge in [0.15, 0.2) is 0 Å². The lowest BCUT2D eigenvalue weighted by molar-refractivity contribution is -0.385. The molecule has 0 spiro atoms. The van der Waals surface area contributed by atoms with Gasteiger partial charge in [-0.15, -0.1) is 0 Å². The summed E-state index contributed by atoms with van der Waals surface area (Å²) in [6, 6.07) is 8.85. The van der Waals surface area contributed by atoms with Gasteiger partial charge >= 0.3 is 6.18 Å². The lowest BCUT2D eigenvalue weighted by Gasteiger charge is -2.30. The second kappa shape index (κ2) is 11.2. The van der Waals surface area contributed by atoms with E-state index in [1.165, 1.54) is 12.1 Å². The van der Waals surface area contributed by atoms with Crippen LogP contribution in [0.3, 0.4) is 0 Å². The van der Waals surface area contributed by atoms with Crippen LogP contribution in [0.1, 0.15) is 58.7 Å². The molecule has 0 aliphatic heterocycles. The lowest BCUT2D eigenvalue weighted by atomic mass is 10.0. The highest BCUT2D eigenvalue weighted by molar-refractivity contribution is 5.80. The van der Waals surface area contributed by atoms with E-state index in [4.69, 9.17) is 0 Å². The van der Waals surface area contributed by atoms with Crippen molar-refractivity contribution in [3.05, 3.63) is 79.9 Å². The maximum atomic E-state index is 13.0. The number of hydrogen-bond acceptors (Lipinski definition) is 6. The molecule has 0 saturated carbocycles. The summed E-state index contributed by atoms with van der Waals surface area (Å²) in [7, 11) is 0. The molecule has 2 rings (SSSR count). The van der Waals surface area contributed by atoms with Crippen LogP contribution in [0.4, 0.5) is 24.5 Å². The summed E-state index contributed by atoms with van der Waals surface area (Å²) in [4.78, 5) is 24.1. The predicted octanol–water partition coefficient (Wildman–Crippen LogP) is 6.40. The molecule has 0 amide bonds. The van der Waals surface area contributed by atoms with Crippen molar-refractivity contribution in [1.29, 1.82) is 0 Å². The third-order valence-corrected chi connectivity index (χ3v) is 4.05. The van der Waals surface area contributed by atoms with Gasteiger partial charge in [0.2, 0.25) is 0 Å². The molecular formula is C23H29F3N4O4. The summed E-state index contributed by atoms with van der Waals surface area (Å²) in [6.45, 7) is 10.9. The van der Waals surface area contributed by atoms with Crippen molar-refractivity contribution in [2.75, 3.05) is 0 Å². The number of aliphatic imine (C=N–C) groups is 1.